The summed E-state index contributed by atoms with van der Waals surface area (Å²) in [7, 11) is 0. The lowest BCUT2D eigenvalue weighted by atomic mass is 10.2. The second-order valence-corrected chi connectivity index (χ2v) is 4.41. The Hall–Kier alpha value is -2.30. The summed E-state index contributed by atoms with van der Waals surface area (Å²) in [5.41, 5.74) is 1.02. The van der Waals surface area contributed by atoms with Crippen LogP contribution in [0.3, 0.4) is 0 Å². The molecule has 0 radical (unpaired) electrons. The fourth-order valence-corrected chi connectivity index (χ4v) is 1.76. The van der Waals surface area contributed by atoms with Gasteiger partial charge in [0.15, 0.2) is 0 Å². The number of hydrogen-bond acceptors (Lipinski definition) is 3. The zero-order chi connectivity index (χ0) is 13.0. The van der Waals surface area contributed by atoms with Crippen molar-refractivity contribution in [3.05, 3.63) is 58.1 Å². The molecule has 2 aromatic rings. The van der Waals surface area contributed by atoms with E-state index in [0.717, 1.165) is 4.47 Å². The molecule has 0 aliphatic rings. The van der Waals surface area contributed by atoms with Crippen LogP contribution >= 0.6 is 15.9 Å². The maximum absolute atomic E-state index is 9.01. The van der Waals surface area contributed by atoms with Gasteiger partial charge in [0.1, 0.15) is 17.6 Å². The van der Waals surface area contributed by atoms with Gasteiger partial charge in [-0.3, -0.25) is 0 Å². The molecule has 3 nitrogen and oxygen atoms in total. The van der Waals surface area contributed by atoms with E-state index in [-0.39, 0.29) is 0 Å². The first kappa shape index (κ1) is 12.2. The molecule has 86 valence electrons. The van der Waals surface area contributed by atoms with Crippen LogP contribution in [0.25, 0.3) is 0 Å². The first-order valence-electron chi connectivity index (χ1n) is 5.10. The van der Waals surface area contributed by atoms with Crippen LogP contribution in [0.2, 0.25) is 0 Å². The predicted molar refractivity (Wildman–Crippen MR) is 70.1 cm³/mol. The molecule has 0 saturated carbocycles. The first-order valence-corrected chi connectivity index (χ1v) is 5.90. The van der Waals surface area contributed by atoms with Gasteiger partial charge in [0.2, 0.25) is 0 Å². The number of benzene rings is 2. The Morgan fingerprint density at radius 2 is 1.67 bits per heavy atom. The molecule has 0 unspecified atom stereocenters. The molecule has 2 aromatic carbocycles. The number of halogens is 1. The van der Waals surface area contributed by atoms with E-state index >= 15 is 0 Å². The third kappa shape index (κ3) is 2.68. The highest BCUT2D eigenvalue weighted by Gasteiger charge is 2.05. The fraction of sp³-hybridized carbons (Fsp3) is 0. The quantitative estimate of drug-likeness (QED) is 0.842. The van der Waals surface area contributed by atoms with Crippen molar-refractivity contribution < 1.29 is 4.74 Å². The molecule has 0 amide bonds. The van der Waals surface area contributed by atoms with Crippen LogP contribution in [0.15, 0.2) is 46.9 Å². The van der Waals surface area contributed by atoms with Crippen molar-refractivity contribution >= 4 is 15.9 Å². The summed E-state index contributed by atoms with van der Waals surface area (Å²) in [4.78, 5) is 0. The van der Waals surface area contributed by atoms with Crippen molar-refractivity contribution in [3.8, 4) is 23.6 Å². The molecule has 4 heteroatoms. The van der Waals surface area contributed by atoms with Crippen molar-refractivity contribution in [2.45, 2.75) is 0 Å². The Labute approximate surface area is 113 Å². The summed E-state index contributed by atoms with van der Waals surface area (Å²) in [6.45, 7) is 0. The fourth-order valence-electron chi connectivity index (χ4n) is 1.40. The second kappa shape index (κ2) is 5.35. The maximum atomic E-state index is 9.01. The third-order valence-corrected chi connectivity index (χ3v) is 2.77. The molecule has 0 bridgehead atoms. The summed E-state index contributed by atoms with van der Waals surface area (Å²) >= 11 is 3.30. The van der Waals surface area contributed by atoms with E-state index in [9.17, 15) is 0 Å². The maximum Gasteiger partial charge on any atom is 0.145 e. The van der Waals surface area contributed by atoms with Gasteiger partial charge in [-0.15, -0.1) is 0 Å². The molecule has 2 rings (SSSR count). The largest absolute Gasteiger partial charge is 0.456 e. The van der Waals surface area contributed by atoms with Crippen LogP contribution in [0.4, 0.5) is 0 Å². The van der Waals surface area contributed by atoms with E-state index in [4.69, 9.17) is 15.3 Å². The van der Waals surface area contributed by atoms with Gasteiger partial charge in [0.05, 0.1) is 17.2 Å². The molecule has 18 heavy (non-hydrogen) atoms. The Morgan fingerprint density at radius 3 is 2.28 bits per heavy atom. The number of ether oxygens (including phenoxy) is 1. The minimum Gasteiger partial charge on any atom is -0.456 e. The first-order chi connectivity index (χ1) is 8.72. The summed E-state index contributed by atoms with van der Waals surface area (Å²) < 4.78 is 6.43. The minimum absolute atomic E-state index is 0.453. The van der Waals surface area contributed by atoms with Crippen molar-refractivity contribution in [2.75, 3.05) is 0 Å². The van der Waals surface area contributed by atoms with Gasteiger partial charge in [0.25, 0.3) is 0 Å². The van der Waals surface area contributed by atoms with Crippen LogP contribution in [0.5, 0.6) is 11.5 Å². The normalized spacial score (nSPS) is 9.28. The molecule has 0 N–H and O–H groups in total. The van der Waals surface area contributed by atoms with E-state index in [0.29, 0.717) is 22.6 Å². The van der Waals surface area contributed by atoms with E-state index in [2.05, 4.69) is 22.0 Å². The molecule has 0 saturated heterocycles. The molecule has 0 spiro atoms. The summed E-state index contributed by atoms with van der Waals surface area (Å²) in [6, 6.07) is 16.1. The van der Waals surface area contributed by atoms with E-state index in [1.807, 2.05) is 6.07 Å². The van der Waals surface area contributed by atoms with E-state index < -0.39 is 0 Å². The van der Waals surface area contributed by atoms with Gasteiger partial charge >= 0.3 is 0 Å². The van der Waals surface area contributed by atoms with Crippen LogP contribution in [-0.4, -0.2) is 0 Å². The molecule has 0 heterocycles. The second-order valence-electron chi connectivity index (χ2n) is 3.49. The van der Waals surface area contributed by atoms with Crippen molar-refractivity contribution in [3.63, 3.8) is 0 Å². The Morgan fingerprint density at radius 1 is 0.944 bits per heavy atom. The van der Waals surface area contributed by atoms with Gasteiger partial charge in [-0.05, 0) is 42.5 Å². The molecule has 0 aliphatic heterocycles. The van der Waals surface area contributed by atoms with Crippen molar-refractivity contribution in [1.29, 1.82) is 10.5 Å². The average Bonchev–Trinajstić information content (AvgIpc) is 2.41. The topological polar surface area (TPSA) is 56.8 Å². The predicted octanol–water partition coefficient (Wildman–Crippen LogP) is 3.98. The van der Waals surface area contributed by atoms with Crippen molar-refractivity contribution in [2.24, 2.45) is 0 Å². The summed E-state index contributed by atoms with van der Waals surface area (Å²) in [6.07, 6.45) is 0. The van der Waals surface area contributed by atoms with Crippen LogP contribution in [0.1, 0.15) is 11.1 Å². The number of rotatable bonds is 2. The average molecular weight is 299 g/mol. The minimum atomic E-state index is 0.453. The van der Waals surface area contributed by atoms with Gasteiger partial charge < -0.3 is 4.74 Å². The molecule has 0 aromatic heterocycles. The van der Waals surface area contributed by atoms with Crippen molar-refractivity contribution in [1.82, 2.24) is 0 Å². The number of nitriles is 2. The van der Waals surface area contributed by atoms with E-state index in [1.165, 1.54) is 0 Å². The standard InChI is InChI=1S/C14H7BrN2O/c15-12-3-6-14(11(7-12)9-17)18-13-4-1-10(8-16)2-5-13/h1-7H. The van der Waals surface area contributed by atoms with Crippen LogP contribution in [0, 0.1) is 22.7 Å². The highest BCUT2D eigenvalue weighted by molar-refractivity contribution is 9.10. The SMILES string of the molecule is N#Cc1ccc(Oc2ccc(Br)cc2C#N)cc1. The number of nitrogens with zero attached hydrogens (tertiary/aromatic N) is 2. The molecule has 0 atom stereocenters. The van der Waals surface area contributed by atoms with Gasteiger partial charge in [-0.25, -0.2) is 0 Å². The molecule has 0 fully saturated rings. The Bertz CT molecular complexity index is 651. The Balaban J connectivity index is 2.29. The van der Waals surface area contributed by atoms with Gasteiger partial charge in [-0.2, -0.15) is 10.5 Å². The van der Waals surface area contributed by atoms with Crippen LogP contribution in [-0.2, 0) is 0 Å². The lowest BCUT2D eigenvalue weighted by Gasteiger charge is -2.07. The van der Waals surface area contributed by atoms with Crippen LogP contribution < -0.4 is 4.74 Å². The monoisotopic (exact) mass is 298 g/mol. The lowest BCUT2D eigenvalue weighted by molar-refractivity contribution is 0.481. The highest BCUT2D eigenvalue weighted by Crippen LogP contribution is 2.27. The van der Waals surface area contributed by atoms with Gasteiger partial charge in [-0.1, -0.05) is 15.9 Å². The number of hydrogen-bond donors (Lipinski definition) is 0. The lowest BCUT2D eigenvalue weighted by Crippen LogP contribution is -1.88. The molecular weight excluding hydrogens is 292 g/mol. The molecular formula is C14H7BrN2O. The highest BCUT2D eigenvalue weighted by atomic mass is 79.9. The zero-order valence-electron chi connectivity index (χ0n) is 9.22. The summed E-state index contributed by atoms with van der Waals surface area (Å²) in [5, 5.41) is 17.7. The zero-order valence-corrected chi connectivity index (χ0v) is 10.8. The van der Waals surface area contributed by atoms with Gasteiger partial charge in [0, 0.05) is 4.47 Å². The summed E-state index contributed by atoms with van der Waals surface area (Å²) in [5.74, 6) is 1.08. The smallest absolute Gasteiger partial charge is 0.145 e. The van der Waals surface area contributed by atoms with E-state index in [1.54, 1.807) is 42.5 Å². The Kier molecular flexibility index (Phi) is 3.62. The molecule has 0 aliphatic carbocycles. The third-order valence-electron chi connectivity index (χ3n) is 2.27.